The summed E-state index contributed by atoms with van der Waals surface area (Å²) >= 11 is 3.71. The molecule has 1 heterocycles. The smallest absolute Gasteiger partial charge is 0.0106 e. The molecule has 102 valence electrons. The Balaban J connectivity index is 1.60. The first-order valence-corrected chi connectivity index (χ1v) is 8.60. The molecule has 0 unspecified atom stereocenters. The Morgan fingerprint density at radius 2 is 2.00 bits per heavy atom. The Labute approximate surface area is 124 Å². The van der Waals surface area contributed by atoms with E-state index >= 15 is 0 Å². The van der Waals surface area contributed by atoms with E-state index in [9.17, 15) is 0 Å². The lowest BCUT2D eigenvalue weighted by atomic mass is 10.1. The largest absolute Gasteiger partial charge is 0.316 e. The fraction of sp³-hybridized carbons (Fsp3) is 0.375. The zero-order chi connectivity index (χ0) is 13.5. The van der Waals surface area contributed by atoms with Crippen molar-refractivity contribution in [1.82, 2.24) is 5.32 Å². The zero-order valence-electron chi connectivity index (χ0n) is 11.6. The van der Waals surface area contributed by atoms with Gasteiger partial charge in [-0.1, -0.05) is 6.07 Å². The van der Waals surface area contributed by atoms with Crippen LogP contribution in [-0.4, -0.2) is 18.8 Å². The number of thioether (sulfide) groups is 1. The van der Waals surface area contributed by atoms with E-state index in [1.165, 1.54) is 21.6 Å². The Morgan fingerprint density at radius 3 is 2.74 bits per heavy atom. The van der Waals surface area contributed by atoms with E-state index in [2.05, 4.69) is 54.2 Å². The zero-order valence-corrected chi connectivity index (χ0v) is 13.2. The van der Waals surface area contributed by atoms with E-state index in [-0.39, 0.29) is 0 Å². The van der Waals surface area contributed by atoms with Crippen LogP contribution in [0.1, 0.15) is 16.7 Å². The molecule has 1 N–H and O–H groups in total. The maximum absolute atomic E-state index is 3.50. The fourth-order valence-electron chi connectivity index (χ4n) is 1.84. The molecule has 0 spiro atoms. The lowest BCUT2D eigenvalue weighted by Gasteiger charge is -2.06. The number of nitrogens with one attached hydrogen (secondary N) is 1. The van der Waals surface area contributed by atoms with E-state index in [1.54, 1.807) is 11.3 Å². The van der Waals surface area contributed by atoms with Crippen molar-refractivity contribution in [3.63, 3.8) is 0 Å². The predicted octanol–water partition coefficient (Wildman–Crippen LogP) is 4.29. The number of benzene rings is 1. The third kappa shape index (κ3) is 5.01. The highest BCUT2D eigenvalue weighted by Gasteiger charge is 1.97. The van der Waals surface area contributed by atoms with Gasteiger partial charge in [-0.25, -0.2) is 0 Å². The molecule has 0 bridgehead atoms. The van der Waals surface area contributed by atoms with Crippen molar-refractivity contribution in [2.24, 2.45) is 0 Å². The number of hydrogen-bond donors (Lipinski definition) is 1. The fourth-order valence-corrected chi connectivity index (χ4v) is 3.45. The normalized spacial score (nSPS) is 10.8. The minimum atomic E-state index is 1.07. The van der Waals surface area contributed by atoms with Gasteiger partial charge in [0.2, 0.25) is 0 Å². The van der Waals surface area contributed by atoms with Crippen LogP contribution in [0, 0.1) is 13.8 Å². The maximum atomic E-state index is 3.50. The van der Waals surface area contributed by atoms with Crippen LogP contribution in [0.4, 0.5) is 0 Å². The Morgan fingerprint density at radius 1 is 1.11 bits per heavy atom. The Kier molecular flexibility index (Phi) is 5.95. The molecule has 2 aromatic rings. The first kappa shape index (κ1) is 14.6. The van der Waals surface area contributed by atoms with Gasteiger partial charge >= 0.3 is 0 Å². The third-order valence-corrected chi connectivity index (χ3v) is 4.92. The quantitative estimate of drug-likeness (QED) is 0.603. The predicted molar refractivity (Wildman–Crippen MR) is 87.5 cm³/mol. The van der Waals surface area contributed by atoms with Gasteiger partial charge in [-0.3, -0.25) is 0 Å². The van der Waals surface area contributed by atoms with Crippen molar-refractivity contribution in [2.75, 3.05) is 18.8 Å². The van der Waals surface area contributed by atoms with Crippen LogP contribution in [0.2, 0.25) is 0 Å². The first-order valence-electron chi connectivity index (χ1n) is 6.67. The first-order chi connectivity index (χ1) is 9.25. The summed E-state index contributed by atoms with van der Waals surface area (Å²) in [4.78, 5) is 1.38. The molecule has 0 aliphatic heterocycles. The molecule has 2 rings (SSSR count). The molecule has 1 aromatic carbocycles. The van der Waals surface area contributed by atoms with Crippen LogP contribution >= 0.6 is 23.1 Å². The Bertz CT molecular complexity index is 491. The maximum Gasteiger partial charge on any atom is 0.0106 e. The number of hydrogen-bond acceptors (Lipinski definition) is 3. The van der Waals surface area contributed by atoms with Gasteiger partial charge in [0.25, 0.3) is 0 Å². The van der Waals surface area contributed by atoms with Crippen molar-refractivity contribution in [3.8, 4) is 0 Å². The SMILES string of the molecule is Cc1ccc(SCCNCCc2ccsc2)cc1C. The molecule has 1 nitrogen and oxygen atoms in total. The van der Waals surface area contributed by atoms with E-state index in [0.717, 1.165) is 25.3 Å². The van der Waals surface area contributed by atoms with Gasteiger partial charge in [0.15, 0.2) is 0 Å². The summed E-state index contributed by atoms with van der Waals surface area (Å²) in [6.07, 6.45) is 1.14. The lowest BCUT2D eigenvalue weighted by Crippen LogP contribution is -2.19. The molecule has 0 fully saturated rings. The minimum Gasteiger partial charge on any atom is -0.316 e. The second-order valence-electron chi connectivity index (χ2n) is 4.73. The van der Waals surface area contributed by atoms with Crippen molar-refractivity contribution in [2.45, 2.75) is 25.2 Å². The number of aryl methyl sites for hydroxylation is 2. The average Bonchev–Trinajstić information content (AvgIpc) is 2.91. The van der Waals surface area contributed by atoms with Crippen molar-refractivity contribution in [3.05, 3.63) is 51.7 Å². The van der Waals surface area contributed by atoms with Gasteiger partial charge in [0, 0.05) is 17.2 Å². The van der Waals surface area contributed by atoms with Crippen molar-refractivity contribution >= 4 is 23.1 Å². The Hall–Kier alpha value is -0.770. The molecule has 0 atom stereocenters. The molecule has 19 heavy (non-hydrogen) atoms. The van der Waals surface area contributed by atoms with Gasteiger partial charge in [-0.2, -0.15) is 11.3 Å². The summed E-state index contributed by atoms with van der Waals surface area (Å²) in [5, 5.41) is 7.88. The van der Waals surface area contributed by atoms with Crippen LogP contribution in [0.3, 0.4) is 0 Å². The summed E-state index contributed by atoms with van der Waals surface area (Å²) < 4.78 is 0. The van der Waals surface area contributed by atoms with Crippen LogP contribution in [-0.2, 0) is 6.42 Å². The summed E-state index contributed by atoms with van der Waals surface area (Å²) in [5.74, 6) is 1.13. The molecule has 0 aliphatic carbocycles. The average molecular weight is 291 g/mol. The van der Waals surface area contributed by atoms with Crippen LogP contribution < -0.4 is 5.32 Å². The second kappa shape index (κ2) is 7.73. The highest BCUT2D eigenvalue weighted by Crippen LogP contribution is 2.20. The van der Waals surface area contributed by atoms with Gasteiger partial charge in [-0.15, -0.1) is 11.8 Å². The monoisotopic (exact) mass is 291 g/mol. The molecule has 0 radical (unpaired) electrons. The van der Waals surface area contributed by atoms with Crippen LogP contribution in [0.15, 0.2) is 39.9 Å². The van der Waals surface area contributed by atoms with Crippen molar-refractivity contribution < 1.29 is 0 Å². The van der Waals surface area contributed by atoms with Crippen LogP contribution in [0.5, 0.6) is 0 Å². The molecule has 3 heteroatoms. The summed E-state index contributed by atoms with van der Waals surface area (Å²) in [5.41, 5.74) is 4.20. The molecular formula is C16H21NS2. The topological polar surface area (TPSA) is 12.0 Å². The highest BCUT2D eigenvalue weighted by atomic mass is 32.2. The second-order valence-corrected chi connectivity index (χ2v) is 6.67. The lowest BCUT2D eigenvalue weighted by molar-refractivity contribution is 0.722. The number of rotatable bonds is 7. The summed E-state index contributed by atoms with van der Waals surface area (Å²) in [7, 11) is 0. The standard InChI is InChI=1S/C16H21NS2/c1-13-3-4-16(11-14(13)2)19-10-8-17-7-5-15-6-9-18-12-15/h3-4,6,9,11-12,17H,5,7-8,10H2,1-2H3. The summed E-state index contributed by atoms with van der Waals surface area (Å²) in [6, 6.07) is 8.92. The van der Waals surface area contributed by atoms with Gasteiger partial charge in [0.05, 0.1) is 0 Å². The molecule has 0 amide bonds. The van der Waals surface area contributed by atoms with Gasteiger partial charge in [0.1, 0.15) is 0 Å². The minimum absolute atomic E-state index is 1.07. The molecular weight excluding hydrogens is 270 g/mol. The van der Waals surface area contributed by atoms with Gasteiger partial charge in [-0.05, 0) is 72.5 Å². The molecule has 0 saturated heterocycles. The van der Waals surface area contributed by atoms with Gasteiger partial charge < -0.3 is 5.32 Å². The highest BCUT2D eigenvalue weighted by molar-refractivity contribution is 7.99. The van der Waals surface area contributed by atoms with E-state index < -0.39 is 0 Å². The van der Waals surface area contributed by atoms with E-state index in [1.807, 2.05) is 11.8 Å². The summed E-state index contributed by atoms with van der Waals surface area (Å²) in [6.45, 7) is 6.49. The van der Waals surface area contributed by atoms with Crippen LogP contribution in [0.25, 0.3) is 0 Å². The third-order valence-electron chi connectivity index (χ3n) is 3.20. The molecule has 0 saturated carbocycles. The van der Waals surface area contributed by atoms with E-state index in [4.69, 9.17) is 0 Å². The van der Waals surface area contributed by atoms with Crippen molar-refractivity contribution in [1.29, 1.82) is 0 Å². The molecule has 1 aromatic heterocycles. The molecule has 0 aliphatic rings. The number of thiophene rings is 1. The van der Waals surface area contributed by atoms with E-state index in [0.29, 0.717) is 0 Å².